The van der Waals surface area contributed by atoms with Gasteiger partial charge >= 0.3 is 6.11 Å². The number of benzene rings is 4. The molecule has 0 spiro atoms. The van der Waals surface area contributed by atoms with Gasteiger partial charge in [-0.25, -0.2) is 22.0 Å². The molecule has 0 saturated heterocycles. The highest BCUT2D eigenvalue weighted by molar-refractivity contribution is 6.38. The third-order valence-corrected chi connectivity index (χ3v) is 6.35. The van der Waals surface area contributed by atoms with Crippen molar-refractivity contribution in [1.82, 2.24) is 0 Å². The van der Waals surface area contributed by atoms with Crippen molar-refractivity contribution in [2.75, 3.05) is 0 Å². The molecule has 0 saturated carbocycles. The largest absolute Gasteiger partial charge is 0.432 e. The molecular formula is C30H20ClF7O. The quantitative estimate of drug-likeness (QED) is 0.0939. The standard InChI is InChI=1S/C30H20ClF7O/c1-2-3-4-5-6-7-17-8-10-21-18(12-17)9-11-22(28(21)31)19-13-23(32)27(24(33)14-19)30(37,38)39-20-15-25(34)29(36)26(35)16-20/h8-16H,2-5H2,1H3. The van der Waals surface area contributed by atoms with Gasteiger partial charge in [0.1, 0.15) is 22.9 Å². The number of unbranched alkanes of at least 4 members (excludes halogenated alkanes) is 3. The lowest BCUT2D eigenvalue weighted by Gasteiger charge is -2.20. The molecule has 0 aliphatic heterocycles. The van der Waals surface area contributed by atoms with Gasteiger partial charge in [-0.2, -0.15) is 8.78 Å². The molecule has 1 nitrogen and oxygen atoms in total. The predicted molar refractivity (Wildman–Crippen MR) is 136 cm³/mol. The lowest BCUT2D eigenvalue weighted by Crippen LogP contribution is -2.25. The van der Waals surface area contributed by atoms with E-state index < -0.39 is 46.5 Å². The summed E-state index contributed by atoms with van der Waals surface area (Å²) in [6.45, 7) is 2.11. The Morgan fingerprint density at radius 3 is 2.13 bits per heavy atom. The molecule has 0 atom stereocenters. The van der Waals surface area contributed by atoms with Crippen molar-refractivity contribution in [3.8, 4) is 28.7 Å². The number of rotatable bonds is 7. The lowest BCUT2D eigenvalue weighted by molar-refractivity contribution is -0.189. The van der Waals surface area contributed by atoms with E-state index in [-0.39, 0.29) is 28.3 Å². The molecule has 0 aromatic heterocycles. The topological polar surface area (TPSA) is 9.23 Å². The van der Waals surface area contributed by atoms with Crippen LogP contribution < -0.4 is 4.74 Å². The molecule has 0 aliphatic rings. The average Bonchev–Trinajstić information content (AvgIpc) is 2.86. The molecule has 0 N–H and O–H groups in total. The SMILES string of the molecule is CCCCCC#Cc1ccc2c(Cl)c(-c3cc(F)c(C(F)(F)Oc4cc(F)c(F)c(F)c4)c(F)c3)ccc2c1. The average molecular weight is 565 g/mol. The number of hydrogen-bond donors (Lipinski definition) is 0. The summed E-state index contributed by atoms with van der Waals surface area (Å²) in [7, 11) is 0. The first-order valence-corrected chi connectivity index (χ1v) is 12.3. The molecule has 0 unspecified atom stereocenters. The first-order chi connectivity index (χ1) is 18.5. The second kappa shape index (κ2) is 11.6. The minimum atomic E-state index is -4.69. The van der Waals surface area contributed by atoms with E-state index in [4.69, 9.17) is 11.6 Å². The van der Waals surface area contributed by atoms with Gasteiger partial charge in [0.05, 0.1) is 5.02 Å². The Balaban J connectivity index is 1.64. The zero-order valence-electron chi connectivity index (χ0n) is 20.5. The Morgan fingerprint density at radius 1 is 0.821 bits per heavy atom. The molecule has 39 heavy (non-hydrogen) atoms. The molecular weight excluding hydrogens is 545 g/mol. The summed E-state index contributed by atoms with van der Waals surface area (Å²) in [5.74, 6) is -3.88. The molecule has 9 heteroatoms. The highest BCUT2D eigenvalue weighted by Gasteiger charge is 2.41. The third-order valence-electron chi connectivity index (χ3n) is 5.94. The Kier molecular flexibility index (Phi) is 8.41. The third kappa shape index (κ3) is 6.15. The van der Waals surface area contributed by atoms with E-state index in [1.807, 2.05) is 6.07 Å². The van der Waals surface area contributed by atoms with Crippen LogP contribution in [0.1, 0.15) is 43.7 Å². The number of halogens is 8. The fraction of sp³-hybridized carbons (Fsp3) is 0.200. The molecule has 0 aliphatic carbocycles. The van der Waals surface area contributed by atoms with Crippen LogP contribution in [-0.2, 0) is 6.11 Å². The van der Waals surface area contributed by atoms with Crippen LogP contribution in [0.3, 0.4) is 0 Å². The molecule has 202 valence electrons. The van der Waals surface area contributed by atoms with Gasteiger partial charge in [-0.05, 0) is 41.6 Å². The van der Waals surface area contributed by atoms with Crippen LogP contribution in [0.4, 0.5) is 30.7 Å². The molecule has 0 heterocycles. The van der Waals surface area contributed by atoms with E-state index in [9.17, 15) is 30.7 Å². The van der Waals surface area contributed by atoms with Gasteiger partial charge in [-0.1, -0.05) is 61.4 Å². The molecule has 0 bridgehead atoms. The smallest absolute Gasteiger partial charge is 0.429 e. The monoisotopic (exact) mass is 564 g/mol. The van der Waals surface area contributed by atoms with Crippen molar-refractivity contribution in [3.63, 3.8) is 0 Å². The van der Waals surface area contributed by atoms with Crippen LogP contribution in [-0.4, -0.2) is 0 Å². The summed E-state index contributed by atoms with van der Waals surface area (Å²) in [5, 5.41) is 1.42. The molecule has 4 rings (SSSR count). The summed E-state index contributed by atoms with van der Waals surface area (Å²) < 4.78 is 103. The second-order valence-electron chi connectivity index (χ2n) is 8.76. The number of hydrogen-bond acceptors (Lipinski definition) is 1. The summed E-state index contributed by atoms with van der Waals surface area (Å²) in [6.07, 6.45) is -0.694. The van der Waals surface area contributed by atoms with E-state index >= 15 is 0 Å². The van der Waals surface area contributed by atoms with Gasteiger partial charge in [-0.3, -0.25) is 0 Å². The highest BCUT2D eigenvalue weighted by atomic mass is 35.5. The van der Waals surface area contributed by atoms with Crippen molar-refractivity contribution >= 4 is 22.4 Å². The van der Waals surface area contributed by atoms with Crippen molar-refractivity contribution in [3.05, 3.63) is 99.8 Å². The van der Waals surface area contributed by atoms with Gasteiger partial charge in [0.15, 0.2) is 17.5 Å². The normalized spacial score (nSPS) is 11.4. The number of ether oxygens (including phenoxy) is 1. The van der Waals surface area contributed by atoms with Crippen molar-refractivity contribution < 1.29 is 35.5 Å². The van der Waals surface area contributed by atoms with Crippen LogP contribution in [0.2, 0.25) is 5.02 Å². The maximum Gasteiger partial charge on any atom is 0.432 e. The summed E-state index contributed by atoms with van der Waals surface area (Å²) in [6, 6.07) is 10.0. The van der Waals surface area contributed by atoms with E-state index in [0.717, 1.165) is 36.6 Å². The van der Waals surface area contributed by atoms with E-state index in [1.165, 1.54) is 6.07 Å². The number of alkyl halides is 2. The Hall–Kier alpha value is -3.70. The highest BCUT2D eigenvalue weighted by Crippen LogP contribution is 2.40. The molecule has 4 aromatic rings. The van der Waals surface area contributed by atoms with Crippen molar-refractivity contribution in [2.45, 2.75) is 38.7 Å². The Morgan fingerprint density at radius 2 is 1.49 bits per heavy atom. The van der Waals surface area contributed by atoms with Crippen LogP contribution >= 0.6 is 11.6 Å². The molecule has 0 radical (unpaired) electrons. The minimum Gasteiger partial charge on any atom is -0.429 e. The van der Waals surface area contributed by atoms with Gasteiger partial charge in [0.2, 0.25) is 0 Å². The van der Waals surface area contributed by atoms with Gasteiger partial charge in [0.25, 0.3) is 0 Å². The van der Waals surface area contributed by atoms with E-state index in [2.05, 4.69) is 23.5 Å². The second-order valence-corrected chi connectivity index (χ2v) is 9.13. The van der Waals surface area contributed by atoms with Crippen molar-refractivity contribution in [2.24, 2.45) is 0 Å². The first-order valence-electron chi connectivity index (χ1n) is 11.9. The molecule has 4 aromatic carbocycles. The van der Waals surface area contributed by atoms with Crippen LogP contribution in [0.15, 0.2) is 54.6 Å². The zero-order valence-corrected chi connectivity index (χ0v) is 21.2. The summed E-state index contributed by atoms with van der Waals surface area (Å²) in [5.41, 5.74) is -0.975. The van der Waals surface area contributed by atoms with E-state index in [1.54, 1.807) is 18.2 Å². The Bertz CT molecular complexity index is 1560. The van der Waals surface area contributed by atoms with Crippen LogP contribution in [0, 0.1) is 40.9 Å². The zero-order chi connectivity index (χ0) is 28.3. The molecule has 0 amide bonds. The van der Waals surface area contributed by atoms with Crippen LogP contribution in [0.25, 0.3) is 21.9 Å². The fourth-order valence-corrected chi connectivity index (χ4v) is 4.36. The minimum absolute atomic E-state index is 0.130. The maximum absolute atomic E-state index is 14.8. The van der Waals surface area contributed by atoms with E-state index in [0.29, 0.717) is 17.5 Å². The van der Waals surface area contributed by atoms with Crippen molar-refractivity contribution in [1.29, 1.82) is 0 Å². The predicted octanol–water partition coefficient (Wildman–Crippen LogP) is 9.92. The number of fused-ring (bicyclic) bond motifs is 1. The summed E-state index contributed by atoms with van der Waals surface area (Å²) >= 11 is 6.52. The maximum atomic E-state index is 14.8. The fourth-order valence-electron chi connectivity index (χ4n) is 4.02. The summed E-state index contributed by atoms with van der Waals surface area (Å²) in [4.78, 5) is 0. The van der Waals surface area contributed by atoms with Gasteiger partial charge in [-0.15, -0.1) is 0 Å². The van der Waals surface area contributed by atoms with Crippen LogP contribution in [0.5, 0.6) is 5.75 Å². The molecule has 0 fully saturated rings. The first kappa shape index (κ1) is 28.3. The van der Waals surface area contributed by atoms with Gasteiger partial charge in [0, 0.05) is 35.1 Å². The Labute approximate surface area is 225 Å². The van der Waals surface area contributed by atoms with Gasteiger partial charge < -0.3 is 4.74 Å². The lowest BCUT2D eigenvalue weighted by atomic mass is 9.98.